The Morgan fingerprint density at radius 3 is 2.27 bits per heavy atom. The van der Waals surface area contributed by atoms with Gasteiger partial charge in [-0.2, -0.15) is 0 Å². The lowest BCUT2D eigenvalue weighted by Gasteiger charge is -2.14. The van der Waals surface area contributed by atoms with E-state index < -0.39 is 0 Å². The van der Waals surface area contributed by atoms with Crippen LogP contribution in [0.3, 0.4) is 0 Å². The Labute approximate surface area is 97.2 Å². The molecule has 0 fully saturated rings. The maximum Gasteiger partial charge on any atom is -0.0348 e. The third-order valence-electron chi connectivity index (χ3n) is 3.14. The van der Waals surface area contributed by atoms with E-state index >= 15 is 0 Å². The fourth-order valence-electron chi connectivity index (χ4n) is 2.20. The van der Waals surface area contributed by atoms with Crippen LogP contribution in [-0.4, -0.2) is 0 Å². The van der Waals surface area contributed by atoms with E-state index in [-0.39, 0.29) is 0 Å². The van der Waals surface area contributed by atoms with Gasteiger partial charge in [-0.3, -0.25) is 0 Å². The molecule has 0 aliphatic carbocycles. The zero-order valence-electron chi connectivity index (χ0n) is 11.1. The lowest BCUT2D eigenvalue weighted by Crippen LogP contribution is -1.99. The second kappa shape index (κ2) is 11.8. The van der Waals surface area contributed by atoms with Crippen molar-refractivity contribution in [1.82, 2.24) is 0 Å². The maximum atomic E-state index is 2.31. The quantitative estimate of drug-likeness (QED) is 0.319. The summed E-state index contributed by atoms with van der Waals surface area (Å²) in [5.41, 5.74) is 0. The van der Waals surface area contributed by atoms with Crippen LogP contribution in [0.4, 0.5) is 0 Å². The summed E-state index contributed by atoms with van der Waals surface area (Å²) in [4.78, 5) is 0. The van der Waals surface area contributed by atoms with Crippen molar-refractivity contribution in [3.05, 3.63) is 12.2 Å². The highest BCUT2D eigenvalue weighted by atomic mass is 14.1. The van der Waals surface area contributed by atoms with E-state index in [1.54, 1.807) is 0 Å². The van der Waals surface area contributed by atoms with Gasteiger partial charge in [0.1, 0.15) is 0 Å². The third-order valence-corrected chi connectivity index (χ3v) is 3.14. The molecule has 1 unspecified atom stereocenters. The molecule has 0 heteroatoms. The molecule has 0 amide bonds. The van der Waals surface area contributed by atoms with Crippen LogP contribution in [0.2, 0.25) is 0 Å². The Kier molecular flexibility index (Phi) is 11.6. The highest BCUT2D eigenvalue weighted by Gasteiger charge is 2.05. The van der Waals surface area contributed by atoms with E-state index in [2.05, 4.69) is 32.9 Å². The molecule has 0 bridgehead atoms. The fourth-order valence-corrected chi connectivity index (χ4v) is 2.20. The molecule has 0 spiro atoms. The standard InChI is InChI=1S/C15H30/c1-4-7-9-11-14-15(12-6-3)13-10-8-5-2/h5,8,15H,4,6-7,9-14H2,1-3H3. The third kappa shape index (κ3) is 10.0. The summed E-state index contributed by atoms with van der Waals surface area (Å²) in [7, 11) is 0. The molecule has 0 aromatic heterocycles. The molecule has 90 valence electrons. The summed E-state index contributed by atoms with van der Waals surface area (Å²) in [6, 6.07) is 0. The van der Waals surface area contributed by atoms with Gasteiger partial charge in [0.15, 0.2) is 0 Å². The highest BCUT2D eigenvalue weighted by Crippen LogP contribution is 2.21. The lowest BCUT2D eigenvalue weighted by atomic mass is 9.92. The van der Waals surface area contributed by atoms with Gasteiger partial charge in [0.25, 0.3) is 0 Å². The summed E-state index contributed by atoms with van der Waals surface area (Å²) in [5, 5.41) is 0. The molecular formula is C15H30. The van der Waals surface area contributed by atoms with Gasteiger partial charge in [-0.1, -0.05) is 70.9 Å². The average molecular weight is 210 g/mol. The molecule has 0 N–H and O–H groups in total. The van der Waals surface area contributed by atoms with Gasteiger partial charge in [0.2, 0.25) is 0 Å². The van der Waals surface area contributed by atoms with Gasteiger partial charge in [0, 0.05) is 0 Å². The number of allylic oxidation sites excluding steroid dienone is 2. The van der Waals surface area contributed by atoms with Crippen LogP contribution in [0.1, 0.15) is 78.6 Å². The van der Waals surface area contributed by atoms with Crippen LogP contribution in [0.25, 0.3) is 0 Å². The Morgan fingerprint density at radius 1 is 0.867 bits per heavy atom. The number of hydrogen-bond acceptors (Lipinski definition) is 0. The van der Waals surface area contributed by atoms with E-state index in [0.29, 0.717) is 0 Å². The Hall–Kier alpha value is -0.260. The highest BCUT2D eigenvalue weighted by molar-refractivity contribution is 4.77. The van der Waals surface area contributed by atoms with Gasteiger partial charge in [-0.15, -0.1) is 0 Å². The molecule has 0 aromatic carbocycles. The summed E-state index contributed by atoms with van der Waals surface area (Å²) >= 11 is 0. The lowest BCUT2D eigenvalue weighted by molar-refractivity contribution is 0.398. The Bertz CT molecular complexity index is 135. The molecule has 0 aromatic rings. The molecule has 0 saturated carbocycles. The van der Waals surface area contributed by atoms with Crippen molar-refractivity contribution in [2.45, 2.75) is 78.6 Å². The summed E-state index contributed by atoms with van der Waals surface area (Å²) in [5.74, 6) is 0.989. The first kappa shape index (κ1) is 14.7. The van der Waals surface area contributed by atoms with Crippen molar-refractivity contribution in [2.24, 2.45) is 5.92 Å². The van der Waals surface area contributed by atoms with Gasteiger partial charge in [0.05, 0.1) is 0 Å². The first-order chi connectivity index (χ1) is 7.35. The second-order valence-corrected chi connectivity index (χ2v) is 4.65. The number of hydrogen-bond donors (Lipinski definition) is 0. The summed E-state index contributed by atoms with van der Waals surface area (Å²) in [6.45, 7) is 6.72. The average Bonchev–Trinajstić information content (AvgIpc) is 2.24. The molecule has 0 aliphatic rings. The minimum absolute atomic E-state index is 0.989. The number of rotatable bonds is 10. The Morgan fingerprint density at radius 2 is 1.67 bits per heavy atom. The molecule has 0 heterocycles. The Balaban J connectivity index is 3.53. The maximum absolute atomic E-state index is 2.31. The van der Waals surface area contributed by atoms with Gasteiger partial charge < -0.3 is 0 Å². The summed E-state index contributed by atoms with van der Waals surface area (Å²) in [6.07, 6.45) is 17.1. The minimum Gasteiger partial charge on any atom is -0.0917 e. The van der Waals surface area contributed by atoms with Gasteiger partial charge >= 0.3 is 0 Å². The first-order valence-corrected chi connectivity index (χ1v) is 6.96. The van der Waals surface area contributed by atoms with Gasteiger partial charge in [-0.05, 0) is 25.7 Å². The molecule has 0 aliphatic heterocycles. The minimum atomic E-state index is 0.989. The SMILES string of the molecule is CC=CCCC(CCC)CCCCCC. The smallest absolute Gasteiger partial charge is 0.0348 e. The van der Waals surface area contributed by atoms with Gasteiger partial charge in [-0.25, -0.2) is 0 Å². The fraction of sp³-hybridized carbons (Fsp3) is 0.867. The van der Waals surface area contributed by atoms with Crippen LogP contribution < -0.4 is 0 Å². The van der Waals surface area contributed by atoms with E-state index in [9.17, 15) is 0 Å². The van der Waals surface area contributed by atoms with Crippen molar-refractivity contribution in [2.75, 3.05) is 0 Å². The first-order valence-electron chi connectivity index (χ1n) is 6.96. The van der Waals surface area contributed by atoms with E-state index in [1.165, 1.54) is 57.8 Å². The van der Waals surface area contributed by atoms with Crippen molar-refractivity contribution >= 4 is 0 Å². The molecule has 0 rings (SSSR count). The zero-order valence-corrected chi connectivity index (χ0v) is 11.1. The predicted molar refractivity (Wildman–Crippen MR) is 71.2 cm³/mol. The zero-order chi connectivity index (χ0) is 11.4. The molecule has 1 atom stereocenters. The van der Waals surface area contributed by atoms with Crippen LogP contribution in [0.15, 0.2) is 12.2 Å². The molecular weight excluding hydrogens is 180 g/mol. The van der Waals surface area contributed by atoms with Crippen LogP contribution in [0, 0.1) is 5.92 Å². The predicted octanol–water partition coefficient (Wildman–Crippen LogP) is 5.73. The van der Waals surface area contributed by atoms with Crippen molar-refractivity contribution in [3.8, 4) is 0 Å². The molecule has 0 saturated heterocycles. The van der Waals surface area contributed by atoms with E-state index in [4.69, 9.17) is 0 Å². The summed E-state index contributed by atoms with van der Waals surface area (Å²) < 4.78 is 0. The van der Waals surface area contributed by atoms with E-state index in [1.807, 2.05) is 0 Å². The number of unbranched alkanes of at least 4 members (excludes halogenated alkanes) is 3. The van der Waals surface area contributed by atoms with Crippen LogP contribution in [0.5, 0.6) is 0 Å². The van der Waals surface area contributed by atoms with Crippen LogP contribution in [-0.2, 0) is 0 Å². The van der Waals surface area contributed by atoms with E-state index in [0.717, 1.165) is 5.92 Å². The second-order valence-electron chi connectivity index (χ2n) is 4.65. The molecule has 15 heavy (non-hydrogen) atoms. The molecule has 0 nitrogen and oxygen atoms in total. The van der Waals surface area contributed by atoms with Crippen LogP contribution >= 0.6 is 0 Å². The van der Waals surface area contributed by atoms with Crippen molar-refractivity contribution < 1.29 is 0 Å². The normalized spacial score (nSPS) is 13.5. The topological polar surface area (TPSA) is 0 Å². The monoisotopic (exact) mass is 210 g/mol. The molecule has 0 radical (unpaired) electrons. The van der Waals surface area contributed by atoms with Crippen molar-refractivity contribution in [1.29, 1.82) is 0 Å². The van der Waals surface area contributed by atoms with Crippen molar-refractivity contribution in [3.63, 3.8) is 0 Å². The largest absolute Gasteiger partial charge is 0.0917 e.